The topological polar surface area (TPSA) is 165 Å². The molecule has 202 valence electrons. The van der Waals surface area contributed by atoms with Gasteiger partial charge in [0, 0.05) is 38.9 Å². The molecular formula is C24H30N8O4S2. The Kier molecular flexibility index (Phi) is 7.83. The van der Waals surface area contributed by atoms with Crippen molar-refractivity contribution >= 4 is 33.0 Å². The van der Waals surface area contributed by atoms with E-state index in [1.165, 1.54) is 6.20 Å². The quantitative estimate of drug-likeness (QED) is 0.313. The Morgan fingerprint density at radius 3 is 2.79 bits per heavy atom. The molecule has 0 aromatic carbocycles. The maximum Gasteiger partial charge on any atom is 0.277 e. The van der Waals surface area contributed by atoms with Crippen molar-refractivity contribution in [1.29, 1.82) is 0 Å². The molecule has 0 bridgehead atoms. The van der Waals surface area contributed by atoms with Gasteiger partial charge in [0.2, 0.25) is 15.9 Å². The van der Waals surface area contributed by atoms with Gasteiger partial charge >= 0.3 is 0 Å². The average Bonchev–Trinajstić information content (AvgIpc) is 3.68. The number of amides is 1. The van der Waals surface area contributed by atoms with E-state index in [-0.39, 0.29) is 10.3 Å². The van der Waals surface area contributed by atoms with Gasteiger partial charge in [0.05, 0.1) is 52.1 Å². The summed E-state index contributed by atoms with van der Waals surface area (Å²) < 4.78 is 33.4. The maximum absolute atomic E-state index is 12.6. The summed E-state index contributed by atoms with van der Waals surface area (Å²) in [6.45, 7) is 6.19. The summed E-state index contributed by atoms with van der Waals surface area (Å²) in [7, 11) is -3.45. The third-order valence-electron chi connectivity index (χ3n) is 6.34. The molecule has 2 aliphatic rings. The van der Waals surface area contributed by atoms with Gasteiger partial charge in [-0.3, -0.25) is 24.4 Å². The molecule has 1 saturated heterocycles. The van der Waals surface area contributed by atoms with Crippen molar-refractivity contribution in [3.63, 3.8) is 0 Å². The summed E-state index contributed by atoms with van der Waals surface area (Å²) in [6.07, 6.45) is 6.04. The van der Waals surface area contributed by atoms with Crippen LogP contribution in [0.15, 0.2) is 30.7 Å². The molecule has 0 radical (unpaired) electrons. The second kappa shape index (κ2) is 11.3. The Labute approximate surface area is 225 Å². The third-order valence-corrected chi connectivity index (χ3v) is 9.32. The SMILES string of the molecule is CCOc1cncc(-c2sc(C(N)=O)nc2C(CN2CCNCC2)c2cc(NS(=O)(=O)C3CC3)ccn2)n1. The summed E-state index contributed by atoms with van der Waals surface area (Å²) in [6, 6.07) is 3.38. The van der Waals surface area contributed by atoms with Gasteiger partial charge in [0.15, 0.2) is 5.01 Å². The number of anilines is 1. The molecule has 4 heterocycles. The van der Waals surface area contributed by atoms with Crippen molar-refractivity contribution in [3.8, 4) is 16.5 Å². The van der Waals surface area contributed by atoms with Crippen molar-refractivity contribution < 1.29 is 17.9 Å². The first-order chi connectivity index (χ1) is 18.3. The number of hydrogen-bond acceptors (Lipinski definition) is 11. The summed E-state index contributed by atoms with van der Waals surface area (Å²) in [5, 5.41) is 3.15. The highest BCUT2D eigenvalue weighted by Crippen LogP contribution is 2.38. The summed E-state index contributed by atoms with van der Waals surface area (Å²) in [5.41, 5.74) is 7.79. The molecule has 3 aromatic rings. The number of nitrogens with one attached hydrogen (secondary N) is 2. The fraction of sp³-hybridized carbons (Fsp3) is 0.458. The fourth-order valence-electron chi connectivity index (χ4n) is 4.33. The number of aromatic nitrogens is 4. The molecule has 12 nitrogen and oxygen atoms in total. The second-order valence-electron chi connectivity index (χ2n) is 9.19. The molecule has 1 aliphatic carbocycles. The van der Waals surface area contributed by atoms with Gasteiger partial charge in [0.25, 0.3) is 5.91 Å². The highest BCUT2D eigenvalue weighted by molar-refractivity contribution is 7.93. The molecular weight excluding hydrogens is 528 g/mol. The monoisotopic (exact) mass is 558 g/mol. The maximum atomic E-state index is 12.6. The molecule has 0 spiro atoms. The number of piperazine rings is 1. The number of thiazole rings is 1. The van der Waals surface area contributed by atoms with Crippen LogP contribution in [0.2, 0.25) is 0 Å². The third kappa shape index (κ3) is 6.09. The number of nitrogens with zero attached hydrogens (tertiary/aromatic N) is 5. The van der Waals surface area contributed by atoms with Gasteiger partial charge in [0.1, 0.15) is 5.69 Å². The van der Waals surface area contributed by atoms with Gasteiger partial charge in [-0.1, -0.05) is 0 Å². The van der Waals surface area contributed by atoms with Crippen LogP contribution in [0.1, 0.15) is 46.9 Å². The van der Waals surface area contributed by atoms with Crippen LogP contribution >= 0.6 is 11.3 Å². The number of pyridine rings is 1. The number of nitrogens with two attached hydrogens (primary N) is 1. The van der Waals surface area contributed by atoms with Crippen LogP contribution in [-0.2, 0) is 10.0 Å². The molecule has 1 unspecified atom stereocenters. The van der Waals surface area contributed by atoms with Crippen molar-refractivity contribution in [3.05, 3.63) is 47.1 Å². The lowest BCUT2D eigenvalue weighted by atomic mass is 9.97. The van der Waals surface area contributed by atoms with E-state index in [1.54, 1.807) is 24.5 Å². The number of carbonyl (C=O) groups is 1. The van der Waals surface area contributed by atoms with Crippen molar-refractivity contribution in [2.45, 2.75) is 30.9 Å². The predicted molar refractivity (Wildman–Crippen MR) is 144 cm³/mol. The second-order valence-corrected chi connectivity index (χ2v) is 12.2. The first kappa shape index (κ1) is 26.4. The van der Waals surface area contributed by atoms with Gasteiger partial charge in [-0.05, 0) is 31.9 Å². The summed E-state index contributed by atoms with van der Waals surface area (Å²) >= 11 is 1.15. The van der Waals surface area contributed by atoms with E-state index in [2.05, 4.69) is 34.9 Å². The Balaban J connectivity index is 1.58. The minimum Gasteiger partial charge on any atom is -0.477 e. The van der Waals surface area contributed by atoms with Crippen LogP contribution in [0.3, 0.4) is 0 Å². The molecule has 1 saturated carbocycles. The lowest BCUT2D eigenvalue weighted by Gasteiger charge is -2.30. The van der Waals surface area contributed by atoms with E-state index >= 15 is 0 Å². The first-order valence-electron chi connectivity index (χ1n) is 12.5. The Hall–Kier alpha value is -3.20. The summed E-state index contributed by atoms with van der Waals surface area (Å²) in [4.78, 5) is 33.2. The fourth-order valence-corrected chi connectivity index (χ4v) is 6.64. The number of primary amides is 1. The standard InChI is InChI=1S/C24H30N8O4S2/c1-2-36-20-13-27-12-19(29-20)22-21(30-24(37-22)23(25)33)17(14-32-9-7-26-8-10-32)18-11-15(5-6-28-18)31-38(34,35)16-3-4-16/h5-6,11-13,16-17,26H,2-4,7-10,14H2,1H3,(H2,25,33)(H,28,31). The van der Waals surface area contributed by atoms with Crippen LogP contribution in [0.5, 0.6) is 5.88 Å². The molecule has 5 rings (SSSR count). The molecule has 4 N–H and O–H groups in total. The number of hydrogen-bond donors (Lipinski definition) is 3. The highest BCUT2D eigenvalue weighted by Gasteiger charge is 2.36. The van der Waals surface area contributed by atoms with E-state index < -0.39 is 21.8 Å². The van der Waals surface area contributed by atoms with Gasteiger partial charge < -0.3 is 15.8 Å². The van der Waals surface area contributed by atoms with Crippen LogP contribution in [0.25, 0.3) is 10.6 Å². The minimum atomic E-state index is -3.45. The zero-order valence-electron chi connectivity index (χ0n) is 21.0. The zero-order valence-corrected chi connectivity index (χ0v) is 22.6. The number of sulfonamides is 1. The van der Waals surface area contributed by atoms with Crippen molar-refractivity contribution in [1.82, 2.24) is 30.2 Å². The lowest BCUT2D eigenvalue weighted by Crippen LogP contribution is -2.45. The molecule has 38 heavy (non-hydrogen) atoms. The zero-order chi connectivity index (χ0) is 26.7. The van der Waals surface area contributed by atoms with Crippen molar-refractivity contribution in [2.24, 2.45) is 5.73 Å². The minimum absolute atomic E-state index is 0.148. The number of carbonyl (C=O) groups excluding carboxylic acids is 1. The summed E-state index contributed by atoms with van der Waals surface area (Å²) in [5.74, 6) is -0.676. The van der Waals surface area contributed by atoms with Gasteiger partial charge in [-0.2, -0.15) is 0 Å². The van der Waals surface area contributed by atoms with Crippen LogP contribution < -0.4 is 20.5 Å². The first-order valence-corrected chi connectivity index (χ1v) is 14.9. The van der Waals surface area contributed by atoms with Gasteiger partial charge in [-0.15, -0.1) is 11.3 Å². The van der Waals surface area contributed by atoms with E-state index in [4.69, 9.17) is 10.5 Å². The van der Waals surface area contributed by atoms with E-state index in [0.29, 0.717) is 59.5 Å². The lowest BCUT2D eigenvalue weighted by molar-refractivity contribution is 0.0999. The number of ether oxygens (including phenoxy) is 1. The highest BCUT2D eigenvalue weighted by atomic mass is 32.2. The van der Waals surface area contributed by atoms with Crippen molar-refractivity contribution in [2.75, 3.05) is 44.1 Å². The molecule has 14 heteroatoms. The average molecular weight is 559 g/mol. The van der Waals surface area contributed by atoms with E-state index in [9.17, 15) is 13.2 Å². The number of rotatable bonds is 11. The molecule has 2 fully saturated rings. The van der Waals surface area contributed by atoms with E-state index in [0.717, 1.165) is 37.5 Å². The van der Waals surface area contributed by atoms with E-state index in [1.807, 2.05) is 6.92 Å². The molecule has 1 aliphatic heterocycles. The van der Waals surface area contributed by atoms with Crippen LogP contribution in [0, 0.1) is 0 Å². The normalized spacial score (nSPS) is 17.2. The van der Waals surface area contributed by atoms with Crippen LogP contribution in [0.4, 0.5) is 5.69 Å². The van der Waals surface area contributed by atoms with Crippen LogP contribution in [-0.4, -0.2) is 83.7 Å². The molecule has 1 amide bonds. The Bertz CT molecular complexity index is 1400. The predicted octanol–water partition coefficient (Wildman–Crippen LogP) is 1.43. The largest absolute Gasteiger partial charge is 0.477 e. The Morgan fingerprint density at radius 2 is 2.08 bits per heavy atom. The molecule has 1 atom stereocenters. The molecule has 3 aromatic heterocycles. The van der Waals surface area contributed by atoms with Gasteiger partial charge in [-0.25, -0.2) is 18.4 Å². The smallest absolute Gasteiger partial charge is 0.277 e. The Morgan fingerprint density at radius 1 is 1.29 bits per heavy atom.